The highest BCUT2D eigenvalue weighted by molar-refractivity contribution is 6.05. The number of amides is 2. The molecule has 2 heterocycles. The first-order valence-corrected chi connectivity index (χ1v) is 7.38. The number of benzene rings is 1. The highest BCUT2D eigenvalue weighted by atomic mass is 16.2. The Bertz CT molecular complexity index is 494. The number of piperidine rings is 1. The zero-order valence-electron chi connectivity index (χ0n) is 11.6. The summed E-state index contributed by atoms with van der Waals surface area (Å²) in [6.07, 6.45) is 3.86. The Kier molecular flexibility index (Phi) is 3.83. The summed E-state index contributed by atoms with van der Waals surface area (Å²) in [5, 5.41) is 0. The first kappa shape index (κ1) is 13.3. The van der Waals surface area contributed by atoms with Gasteiger partial charge in [-0.1, -0.05) is 36.8 Å². The van der Waals surface area contributed by atoms with Gasteiger partial charge in [0.2, 0.25) is 11.8 Å². The van der Waals surface area contributed by atoms with E-state index in [2.05, 4.69) is 4.90 Å². The molecular formula is C16H20N2O2. The van der Waals surface area contributed by atoms with Crippen molar-refractivity contribution in [2.45, 2.75) is 38.3 Å². The molecule has 1 aromatic rings. The van der Waals surface area contributed by atoms with Gasteiger partial charge in [-0.2, -0.15) is 0 Å². The van der Waals surface area contributed by atoms with Gasteiger partial charge in [-0.3, -0.25) is 19.4 Å². The highest BCUT2D eigenvalue weighted by Gasteiger charge is 2.41. The molecule has 2 aliphatic rings. The second-order valence-electron chi connectivity index (χ2n) is 5.62. The summed E-state index contributed by atoms with van der Waals surface area (Å²) in [5.74, 6) is -0.0461. The number of imide groups is 1. The van der Waals surface area contributed by atoms with E-state index < -0.39 is 0 Å². The molecule has 0 spiro atoms. The molecule has 1 aromatic carbocycles. The van der Waals surface area contributed by atoms with Crippen molar-refractivity contribution in [2.75, 3.05) is 13.1 Å². The maximum Gasteiger partial charge on any atom is 0.247 e. The van der Waals surface area contributed by atoms with Gasteiger partial charge in [0.05, 0.1) is 19.0 Å². The first-order valence-electron chi connectivity index (χ1n) is 7.38. The summed E-state index contributed by atoms with van der Waals surface area (Å²) in [5.41, 5.74) is 1.01. The third-order valence-electron chi connectivity index (χ3n) is 4.24. The van der Waals surface area contributed by atoms with Crippen LogP contribution in [0.25, 0.3) is 0 Å². The van der Waals surface area contributed by atoms with Gasteiger partial charge in [-0.05, 0) is 31.5 Å². The van der Waals surface area contributed by atoms with Gasteiger partial charge in [0, 0.05) is 0 Å². The van der Waals surface area contributed by atoms with Crippen molar-refractivity contribution in [1.29, 1.82) is 0 Å². The van der Waals surface area contributed by atoms with Crippen molar-refractivity contribution in [3.05, 3.63) is 35.9 Å². The molecule has 1 atom stereocenters. The summed E-state index contributed by atoms with van der Waals surface area (Å²) in [7, 11) is 0. The molecule has 3 rings (SSSR count). The van der Waals surface area contributed by atoms with Gasteiger partial charge >= 0.3 is 0 Å². The van der Waals surface area contributed by atoms with E-state index in [0.717, 1.165) is 31.5 Å². The van der Waals surface area contributed by atoms with Crippen molar-refractivity contribution in [3.8, 4) is 0 Å². The molecule has 2 aliphatic heterocycles. The standard InChI is InChI=1S/C16H20N2O2/c19-15-11-14(17-9-5-2-6-10-17)16(20)18(15)12-13-7-3-1-4-8-13/h1,3-4,7-8,14H,2,5-6,9-12H2. The second-order valence-corrected chi connectivity index (χ2v) is 5.62. The molecule has 0 N–H and O–H groups in total. The van der Waals surface area contributed by atoms with Crippen molar-refractivity contribution >= 4 is 11.8 Å². The van der Waals surface area contributed by atoms with Crippen molar-refractivity contribution < 1.29 is 9.59 Å². The lowest BCUT2D eigenvalue weighted by molar-refractivity contribution is -0.140. The number of carbonyl (C=O) groups is 2. The SMILES string of the molecule is O=C1CC(N2CCCCC2)C(=O)N1Cc1ccccc1. The molecule has 0 radical (unpaired) electrons. The monoisotopic (exact) mass is 272 g/mol. The Labute approximate surface area is 119 Å². The van der Waals surface area contributed by atoms with Crippen LogP contribution in [0, 0.1) is 0 Å². The fourth-order valence-electron chi connectivity index (χ4n) is 3.11. The van der Waals surface area contributed by atoms with E-state index in [1.807, 2.05) is 30.3 Å². The van der Waals surface area contributed by atoms with Gasteiger partial charge in [0.25, 0.3) is 0 Å². The molecule has 2 saturated heterocycles. The Morgan fingerprint density at radius 3 is 2.40 bits per heavy atom. The Hall–Kier alpha value is -1.68. The molecule has 1 unspecified atom stereocenters. The van der Waals surface area contributed by atoms with E-state index in [-0.39, 0.29) is 17.9 Å². The largest absolute Gasteiger partial charge is 0.292 e. The van der Waals surface area contributed by atoms with E-state index in [4.69, 9.17) is 0 Å². The van der Waals surface area contributed by atoms with E-state index >= 15 is 0 Å². The summed E-state index contributed by atoms with van der Waals surface area (Å²) in [6, 6.07) is 9.49. The Balaban J connectivity index is 1.70. The van der Waals surface area contributed by atoms with Crippen LogP contribution in [0.3, 0.4) is 0 Å². The summed E-state index contributed by atoms with van der Waals surface area (Å²) in [4.78, 5) is 28.2. The van der Waals surface area contributed by atoms with E-state index in [1.54, 1.807) is 0 Å². The quantitative estimate of drug-likeness (QED) is 0.788. The minimum absolute atomic E-state index is 0.0132. The number of likely N-dealkylation sites (tertiary alicyclic amines) is 2. The lowest BCUT2D eigenvalue weighted by atomic mass is 10.1. The third-order valence-corrected chi connectivity index (χ3v) is 4.24. The van der Waals surface area contributed by atoms with Crippen LogP contribution in [-0.2, 0) is 16.1 Å². The van der Waals surface area contributed by atoms with Crippen molar-refractivity contribution in [1.82, 2.24) is 9.80 Å². The lowest BCUT2D eigenvalue weighted by Gasteiger charge is -2.30. The number of hydrogen-bond donors (Lipinski definition) is 0. The third kappa shape index (κ3) is 2.61. The molecule has 4 heteroatoms. The van der Waals surface area contributed by atoms with Crippen LogP contribution in [-0.4, -0.2) is 40.7 Å². The van der Waals surface area contributed by atoms with E-state index in [0.29, 0.717) is 13.0 Å². The summed E-state index contributed by atoms with van der Waals surface area (Å²) >= 11 is 0. The van der Waals surface area contributed by atoms with Crippen molar-refractivity contribution in [2.24, 2.45) is 0 Å². The smallest absolute Gasteiger partial charge is 0.247 e. The maximum atomic E-state index is 12.5. The number of nitrogens with zero attached hydrogens (tertiary/aromatic N) is 2. The van der Waals surface area contributed by atoms with Crippen LogP contribution in [0.5, 0.6) is 0 Å². The lowest BCUT2D eigenvalue weighted by Crippen LogP contribution is -2.44. The minimum atomic E-state index is -0.216. The zero-order valence-corrected chi connectivity index (χ0v) is 11.6. The van der Waals surface area contributed by atoms with Gasteiger partial charge in [0.1, 0.15) is 0 Å². The average molecular weight is 272 g/mol. The predicted octanol–water partition coefficient (Wildman–Crippen LogP) is 1.80. The average Bonchev–Trinajstić information content (AvgIpc) is 2.77. The minimum Gasteiger partial charge on any atom is -0.292 e. The highest BCUT2D eigenvalue weighted by Crippen LogP contribution is 2.23. The van der Waals surface area contributed by atoms with Crippen LogP contribution < -0.4 is 0 Å². The van der Waals surface area contributed by atoms with Crippen LogP contribution in [0.1, 0.15) is 31.2 Å². The summed E-state index contributed by atoms with van der Waals surface area (Å²) in [6.45, 7) is 2.30. The molecule has 4 nitrogen and oxygen atoms in total. The van der Waals surface area contributed by atoms with Crippen LogP contribution >= 0.6 is 0 Å². The molecule has 0 saturated carbocycles. The molecule has 0 aromatic heterocycles. The van der Waals surface area contributed by atoms with Crippen molar-refractivity contribution in [3.63, 3.8) is 0 Å². The molecule has 0 aliphatic carbocycles. The molecular weight excluding hydrogens is 252 g/mol. The summed E-state index contributed by atoms with van der Waals surface area (Å²) < 4.78 is 0. The first-order chi connectivity index (χ1) is 9.75. The molecule has 2 fully saturated rings. The van der Waals surface area contributed by atoms with Gasteiger partial charge < -0.3 is 0 Å². The number of carbonyl (C=O) groups excluding carboxylic acids is 2. The Morgan fingerprint density at radius 2 is 1.70 bits per heavy atom. The number of hydrogen-bond acceptors (Lipinski definition) is 3. The fraction of sp³-hybridized carbons (Fsp3) is 0.500. The second kappa shape index (κ2) is 5.75. The predicted molar refractivity (Wildman–Crippen MR) is 75.8 cm³/mol. The number of rotatable bonds is 3. The van der Waals surface area contributed by atoms with Crippen LogP contribution in [0.15, 0.2) is 30.3 Å². The van der Waals surface area contributed by atoms with E-state index in [1.165, 1.54) is 11.3 Å². The van der Waals surface area contributed by atoms with Gasteiger partial charge in [-0.15, -0.1) is 0 Å². The Morgan fingerprint density at radius 1 is 1.00 bits per heavy atom. The van der Waals surface area contributed by atoms with Crippen LogP contribution in [0.4, 0.5) is 0 Å². The van der Waals surface area contributed by atoms with Crippen LogP contribution in [0.2, 0.25) is 0 Å². The molecule has 2 amide bonds. The molecule has 0 bridgehead atoms. The fourth-order valence-corrected chi connectivity index (χ4v) is 3.11. The zero-order chi connectivity index (χ0) is 13.9. The van der Waals surface area contributed by atoms with E-state index in [9.17, 15) is 9.59 Å². The van der Waals surface area contributed by atoms with Gasteiger partial charge in [0.15, 0.2) is 0 Å². The maximum absolute atomic E-state index is 12.5. The molecule has 106 valence electrons. The molecule has 20 heavy (non-hydrogen) atoms. The normalized spacial score (nSPS) is 24.4. The van der Waals surface area contributed by atoms with Gasteiger partial charge in [-0.25, -0.2) is 0 Å². The topological polar surface area (TPSA) is 40.6 Å².